The second-order valence-corrected chi connectivity index (χ2v) is 6.75. The number of ether oxygens (including phenoxy) is 2. The molecule has 2 aliphatic carbocycles. The Morgan fingerprint density at radius 2 is 2.08 bits per heavy atom. The van der Waals surface area contributed by atoms with Crippen molar-refractivity contribution >= 4 is 5.78 Å². The van der Waals surface area contributed by atoms with Gasteiger partial charge in [0.2, 0.25) is 5.78 Å². The average molecular weight is 327 g/mol. The molecule has 0 amide bonds. The lowest BCUT2D eigenvalue weighted by atomic mass is 9.58. The molecule has 1 fully saturated rings. The maximum Gasteiger partial charge on any atom is 0.220 e. The van der Waals surface area contributed by atoms with Crippen LogP contribution in [0.4, 0.5) is 0 Å². The molecular weight excluding hydrogens is 306 g/mol. The maximum atomic E-state index is 12.4. The molecular formula is C19H21NO4. The fraction of sp³-hybridized carbons (Fsp3) is 0.421. The molecule has 1 heterocycles. The molecule has 0 saturated carbocycles. The standard InChI is InChI=1S/C19H21NO4/c1-20-7-6-19-10-16(24-3)14(21)9-12(19)13(20)8-11-4-5-15(23-2)18(22)17(11)19/h4-5,9-10,13,22H,6-8H2,1-3H3/t13-,19+/m0/s1. The van der Waals surface area contributed by atoms with Crippen molar-refractivity contribution in [3.05, 3.63) is 46.7 Å². The van der Waals surface area contributed by atoms with Crippen LogP contribution in [0.3, 0.4) is 0 Å². The van der Waals surface area contributed by atoms with Crippen LogP contribution < -0.4 is 4.74 Å². The van der Waals surface area contributed by atoms with Crippen LogP contribution in [-0.4, -0.2) is 49.6 Å². The highest BCUT2D eigenvalue weighted by atomic mass is 16.5. The Morgan fingerprint density at radius 1 is 1.29 bits per heavy atom. The van der Waals surface area contributed by atoms with Crippen LogP contribution in [0.25, 0.3) is 0 Å². The van der Waals surface area contributed by atoms with Crippen LogP contribution in [0.5, 0.6) is 11.5 Å². The molecule has 126 valence electrons. The van der Waals surface area contributed by atoms with E-state index in [-0.39, 0.29) is 17.6 Å². The Morgan fingerprint density at radius 3 is 2.79 bits per heavy atom. The Hall–Kier alpha value is -2.27. The van der Waals surface area contributed by atoms with Gasteiger partial charge in [0.05, 0.1) is 14.2 Å². The second kappa shape index (κ2) is 5.11. The number of aromatic hydroxyl groups is 1. The van der Waals surface area contributed by atoms with Crippen LogP contribution in [0.1, 0.15) is 17.5 Å². The van der Waals surface area contributed by atoms with Gasteiger partial charge >= 0.3 is 0 Å². The van der Waals surface area contributed by atoms with Gasteiger partial charge < -0.3 is 14.6 Å². The van der Waals surface area contributed by atoms with Crippen LogP contribution in [0.2, 0.25) is 0 Å². The Kier molecular flexibility index (Phi) is 3.25. The van der Waals surface area contributed by atoms with E-state index in [1.54, 1.807) is 13.2 Å². The summed E-state index contributed by atoms with van der Waals surface area (Å²) in [6.07, 6.45) is 5.18. The lowest BCUT2D eigenvalue weighted by Gasteiger charge is -2.52. The minimum Gasteiger partial charge on any atom is -0.504 e. The zero-order valence-electron chi connectivity index (χ0n) is 14.1. The minimum absolute atomic E-state index is 0.103. The van der Waals surface area contributed by atoms with Crippen molar-refractivity contribution in [2.75, 3.05) is 27.8 Å². The summed E-state index contributed by atoms with van der Waals surface area (Å²) < 4.78 is 10.6. The maximum absolute atomic E-state index is 12.4. The van der Waals surface area contributed by atoms with Gasteiger partial charge in [-0.2, -0.15) is 0 Å². The molecule has 5 nitrogen and oxygen atoms in total. The third kappa shape index (κ3) is 1.82. The molecule has 3 aliphatic rings. The molecule has 2 atom stereocenters. The number of methoxy groups -OCH3 is 2. The predicted molar refractivity (Wildman–Crippen MR) is 89.3 cm³/mol. The number of phenols is 1. The third-order valence-corrected chi connectivity index (χ3v) is 5.70. The van der Waals surface area contributed by atoms with E-state index in [1.807, 2.05) is 18.2 Å². The van der Waals surface area contributed by atoms with Crippen molar-refractivity contribution in [2.24, 2.45) is 0 Å². The second-order valence-electron chi connectivity index (χ2n) is 6.75. The molecule has 1 N–H and O–H groups in total. The van der Waals surface area contributed by atoms with Crippen molar-refractivity contribution in [2.45, 2.75) is 24.3 Å². The Labute approximate surface area is 141 Å². The van der Waals surface area contributed by atoms with E-state index < -0.39 is 5.41 Å². The van der Waals surface area contributed by atoms with Gasteiger partial charge in [0.1, 0.15) is 0 Å². The molecule has 1 aromatic carbocycles. The number of hydrogen-bond acceptors (Lipinski definition) is 5. The molecule has 1 saturated heterocycles. The number of nitrogens with zero attached hydrogens (tertiary/aromatic N) is 1. The summed E-state index contributed by atoms with van der Waals surface area (Å²) >= 11 is 0. The summed E-state index contributed by atoms with van der Waals surface area (Å²) in [4.78, 5) is 14.6. The Bertz CT molecular complexity index is 795. The third-order valence-electron chi connectivity index (χ3n) is 5.70. The first-order valence-corrected chi connectivity index (χ1v) is 8.14. The summed E-state index contributed by atoms with van der Waals surface area (Å²) in [6.45, 7) is 0.889. The van der Waals surface area contributed by atoms with Crippen molar-refractivity contribution in [3.8, 4) is 11.5 Å². The molecule has 0 aromatic heterocycles. The normalized spacial score (nSPS) is 28.5. The molecule has 0 unspecified atom stereocenters. The van der Waals surface area contributed by atoms with E-state index in [1.165, 1.54) is 7.11 Å². The van der Waals surface area contributed by atoms with Gasteiger partial charge in [-0.1, -0.05) is 6.07 Å². The number of hydrogen-bond donors (Lipinski definition) is 1. The fourth-order valence-electron chi connectivity index (χ4n) is 4.50. The highest BCUT2D eigenvalue weighted by Gasteiger charge is 2.52. The van der Waals surface area contributed by atoms with Crippen molar-refractivity contribution in [3.63, 3.8) is 0 Å². The number of carbonyl (C=O) groups is 1. The van der Waals surface area contributed by atoms with Crippen molar-refractivity contribution in [1.82, 2.24) is 4.90 Å². The number of likely N-dealkylation sites (tertiary alicyclic amines) is 1. The molecule has 2 bridgehead atoms. The molecule has 1 aromatic rings. The number of rotatable bonds is 2. The number of allylic oxidation sites excluding steroid dienone is 2. The number of phenolic OH excluding ortho intramolecular Hbond substituents is 1. The SMILES string of the molecule is COC1=C[C@@]23CCN(C)[C@@H](Cc4ccc(OC)c(O)c42)C3=CC1=O. The summed E-state index contributed by atoms with van der Waals surface area (Å²) in [7, 11) is 5.15. The van der Waals surface area contributed by atoms with Crippen LogP contribution >= 0.6 is 0 Å². The van der Waals surface area contributed by atoms with Gasteiger partial charge in [-0.3, -0.25) is 9.69 Å². The van der Waals surface area contributed by atoms with Gasteiger partial charge in [0.15, 0.2) is 17.3 Å². The monoisotopic (exact) mass is 327 g/mol. The zero-order valence-corrected chi connectivity index (χ0v) is 14.1. The van der Waals surface area contributed by atoms with Crippen molar-refractivity contribution in [1.29, 1.82) is 0 Å². The number of piperidine rings is 1. The van der Waals surface area contributed by atoms with Gasteiger partial charge in [0.25, 0.3) is 0 Å². The summed E-state index contributed by atoms with van der Waals surface area (Å²) in [5, 5.41) is 10.9. The summed E-state index contributed by atoms with van der Waals surface area (Å²) in [5.74, 6) is 0.875. The van der Waals surface area contributed by atoms with Crippen LogP contribution in [-0.2, 0) is 21.4 Å². The quantitative estimate of drug-likeness (QED) is 0.899. The Balaban J connectivity index is 2.03. The molecule has 0 radical (unpaired) electrons. The van der Waals surface area contributed by atoms with Crippen LogP contribution in [0, 0.1) is 0 Å². The topological polar surface area (TPSA) is 59.0 Å². The van der Waals surface area contributed by atoms with E-state index in [0.717, 1.165) is 36.1 Å². The van der Waals surface area contributed by atoms with Crippen LogP contribution in [0.15, 0.2) is 35.6 Å². The van der Waals surface area contributed by atoms with E-state index in [2.05, 4.69) is 11.9 Å². The minimum atomic E-state index is -0.497. The summed E-state index contributed by atoms with van der Waals surface area (Å²) in [6, 6.07) is 4.00. The highest BCUT2D eigenvalue weighted by molar-refractivity contribution is 6.05. The smallest absolute Gasteiger partial charge is 0.220 e. The fourth-order valence-corrected chi connectivity index (χ4v) is 4.50. The largest absolute Gasteiger partial charge is 0.504 e. The molecule has 24 heavy (non-hydrogen) atoms. The number of carbonyl (C=O) groups excluding carboxylic acids is 1. The number of benzene rings is 1. The van der Waals surface area contributed by atoms with Gasteiger partial charge in [-0.05, 0) is 55.8 Å². The average Bonchev–Trinajstić information content (AvgIpc) is 2.58. The van der Waals surface area contributed by atoms with E-state index in [0.29, 0.717) is 11.5 Å². The number of ketones is 1. The predicted octanol–water partition coefficient (Wildman–Crippen LogP) is 1.94. The first-order chi connectivity index (χ1) is 11.5. The van der Waals surface area contributed by atoms with Gasteiger partial charge in [-0.25, -0.2) is 0 Å². The van der Waals surface area contributed by atoms with E-state index in [4.69, 9.17) is 9.47 Å². The van der Waals surface area contributed by atoms with E-state index >= 15 is 0 Å². The molecule has 0 spiro atoms. The molecule has 1 aliphatic heterocycles. The molecule has 4 rings (SSSR count). The van der Waals surface area contributed by atoms with Gasteiger partial charge in [-0.15, -0.1) is 0 Å². The zero-order chi connectivity index (χ0) is 17.1. The lowest BCUT2D eigenvalue weighted by molar-refractivity contribution is -0.114. The first kappa shape index (κ1) is 15.3. The summed E-state index contributed by atoms with van der Waals surface area (Å²) in [5.41, 5.74) is 2.52. The first-order valence-electron chi connectivity index (χ1n) is 8.14. The molecule has 5 heteroatoms. The van der Waals surface area contributed by atoms with Crippen molar-refractivity contribution < 1.29 is 19.4 Å². The number of fused-ring (bicyclic) bond motifs is 1. The lowest BCUT2D eigenvalue weighted by Crippen LogP contribution is -2.54. The van der Waals surface area contributed by atoms with E-state index in [9.17, 15) is 9.90 Å². The van der Waals surface area contributed by atoms with Gasteiger partial charge in [0, 0.05) is 17.0 Å². The highest BCUT2D eigenvalue weighted by Crippen LogP contribution is 2.55. The number of likely N-dealkylation sites (N-methyl/N-ethyl adjacent to an activating group) is 1.